The molecule has 3 rings (SSSR count). The van der Waals surface area contributed by atoms with E-state index in [4.69, 9.17) is 9.47 Å². The molecule has 0 fully saturated rings. The number of nitrogens with zero attached hydrogens (tertiary/aromatic N) is 2. The van der Waals surface area contributed by atoms with E-state index >= 15 is 0 Å². The standard InChI is InChI=1S/C18H17BrN2O4S/c1-3-24-15-6-5-11(19)7-13(15)17-14(10-22)21-9-12(26-18(21)20-17)8-16(23)25-4-2/h5-7,9-10H,3-4,8H2,1-2H3. The summed E-state index contributed by atoms with van der Waals surface area (Å²) in [5.74, 6) is 0.367. The summed E-state index contributed by atoms with van der Waals surface area (Å²) in [5.41, 5.74) is 1.72. The first-order valence-electron chi connectivity index (χ1n) is 8.11. The fraction of sp³-hybridized carbons (Fsp3) is 0.278. The van der Waals surface area contributed by atoms with Gasteiger partial charge in [-0.05, 0) is 32.0 Å². The molecule has 0 unspecified atom stereocenters. The van der Waals surface area contributed by atoms with E-state index in [0.717, 1.165) is 21.2 Å². The Hall–Kier alpha value is -2.19. The molecular formula is C18H17BrN2O4S. The molecule has 0 saturated heterocycles. The van der Waals surface area contributed by atoms with Crippen molar-refractivity contribution in [3.8, 4) is 17.0 Å². The highest BCUT2D eigenvalue weighted by molar-refractivity contribution is 9.10. The highest BCUT2D eigenvalue weighted by atomic mass is 79.9. The van der Waals surface area contributed by atoms with Crippen molar-refractivity contribution in [2.45, 2.75) is 20.3 Å². The molecule has 1 aromatic carbocycles. The van der Waals surface area contributed by atoms with Crippen molar-refractivity contribution in [3.63, 3.8) is 0 Å². The van der Waals surface area contributed by atoms with E-state index in [-0.39, 0.29) is 12.4 Å². The monoisotopic (exact) mass is 436 g/mol. The first-order valence-corrected chi connectivity index (χ1v) is 9.72. The smallest absolute Gasteiger partial charge is 0.311 e. The van der Waals surface area contributed by atoms with Crippen LogP contribution >= 0.6 is 27.3 Å². The Bertz CT molecular complexity index is 964. The number of fused-ring (bicyclic) bond motifs is 1. The van der Waals surface area contributed by atoms with E-state index in [2.05, 4.69) is 20.9 Å². The molecule has 0 atom stereocenters. The van der Waals surface area contributed by atoms with Gasteiger partial charge in [0.05, 0.1) is 19.6 Å². The normalized spacial score (nSPS) is 10.9. The van der Waals surface area contributed by atoms with E-state index < -0.39 is 0 Å². The highest BCUT2D eigenvalue weighted by Gasteiger charge is 2.20. The first kappa shape index (κ1) is 18.6. The zero-order chi connectivity index (χ0) is 18.7. The summed E-state index contributed by atoms with van der Waals surface area (Å²) in [6.07, 6.45) is 2.69. The van der Waals surface area contributed by atoms with Crippen molar-refractivity contribution in [2.24, 2.45) is 0 Å². The number of aldehydes is 1. The number of hydrogen-bond acceptors (Lipinski definition) is 6. The zero-order valence-corrected chi connectivity index (χ0v) is 16.7. The molecule has 0 spiro atoms. The van der Waals surface area contributed by atoms with Crippen molar-refractivity contribution < 1.29 is 19.1 Å². The third-order valence-electron chi connectivity index (χ3n) is 3.64. The van der Waals surface area contributed by atoms with Gasteiger partial charge in [-0.2, -0.15) is 0 Å². The van der Waals surface area contributed by atoms with Crippen LogP contribution in [-0.2, 0) is 16.0 Å². The molecule has 6 nitrogen and oxygen atoms in total. The maximum Gasteiger partial charge on any atom is 0.311 e. The second kappa shape index (κ2) is 8.01. The molecule has 8 heteroatoms. The van der Waals surface area contributed by atoms with Gasteiger partial charge < -0.3 is 9.47 Å². The topological polar surface area (TPSA) is 69.9 Å². The van der Waals surface area contributed by atoms with Crippen LogP contribution in [0.25, 0.3) is 16.2 Å². The van der Waals surface area contributed by atoms with Crippen LogP contribution in [0, 0.1) is 0 Å². The second-order valence-electron chi connectivity index (χ2n) is 5.37. The van der Waals surface area contributed by atoms with Gasteiger partial charge in [0.25, 0.3) is 0 Å². The van der Waals surface area contributed by atoms with Crippen LogP contribution in [0.5, 0.6) is 5.75 Å². The third kappa shape index (κ3) is 3.66. The summed E-state index contributed by atoms with van der Waals surface area (Å²) in [6, 6.07) is 5.60. The van der Waals surface area contributed by atoms with Crippen molar-refractivity contribution in [3.05, 3.63) is 39.4 Å². The third-order valence-corrected chi connectivity index (χ3v) is 5.12. The Kier molecular flexibility index (Phi) is 5.73. The van der Waals surface area contributed by atoms with Crippen molar-refractivity contribution in [2.75, 3.05) is 13.2 Å². The molecule has 2 heterocycles. The molecule has 0 N–H and O–H groups in total. The van der Waals surface area contributed by atoms with E-state index in [1.54, 1.807) is 17.5 Å². The van der Waals surface area contributed by atoms with E-state index in [1.807, 2.05) is 25.1 Å². The fourth-order valence-electron chi connectivity index (χ4n) is 2.62. The van der Waals surface area contributed by atoms with E-state index in [1.165, 1.54) is 11.3 Å². The minimum atomic E-state index is -0.296. The Morgan fingerprint density at radius 2 is 2.15 bits per heavy atom. The molecule has 0 bridgehead atoms. The lowest BCUT2D eigenvalue weighted by Crippen LogP contribution is -2.06. The summed E-state index contributed by atoms with van der Waals surface area (Å²) < 4.78 is 13.2. The number of aromatic nitrogens is 2. The van der Waals surface area contributed by atoms with Crippen LogP contribution in [0.2, 0.25) is 0 Å². The molecule has 26 heavy (non-hydrogen) atoms. The number of esters is 1. The van der Waals surface area contributed by atoms with Gasteiger partial charge in [0.15, 0.2) is 11.2 Å². The van der Waals surface area contributed by atoms with Gasteiger partial charge in [-0.25, -0.2) is 4.98 Å². The lowest BCUT2D eigenvalue weighted by Gasteiger charge is -2.09. The zero-order valence-electron chi connectivity index (χ0n) is 14.3. The SMILES string of the molecule is CCOC(=O)Cc1cn2c(C=O)c(-c3cc(Br)ccc3OCC)nc2s1. The number of rotatable bonds is 7. The van der Waals surface area contributed by atoms with Gasteiger partial charge in [0, 0.05) is 21.1 Å². The number of benzene rings is 1. The van der Waals surface area contributed by atoms with Crippen molar-refractivity contribution >= 4 is 44.5 Å². The summed E-state index contributed by atoms with van der Waals surface area (Å²) in [7, 11) is 0. The minimum Gasteiger partial charge on any atom is -0.493 e. The predicted octanol–water partition coefficient (Wildman–Crippen LogP) is 4.14. The van der Waals surface area contributed by atoms with E-state index in [0.29, 0.717) is 35.3 Å². The second-order valence-corrected chi connectivity index (χ2v) is 7.38. The van der Waals surface area contributed by atoms with Crippen LogP contribution in [0.1, 0.15) is 29.2 Å². The molecule has 0 aliphatic heterocycles. The molecule has 0 radical (unpaired) electrons. The summed E-state index contributed by atoms with van der Waals surface area (Å²) in [5, 5.41) is 0. The maximum absolute atomic E-state index is 11.8. The van der Waals surface area contributed by atoms with Gasteiger partial charge in [0.1, 0.15) is 17.1 Å². The Labute approximate surface area is 162 Å². The predicted molar refractivity (Wildman–Crippen MR) is 103 cm³/mol. The number of imidazole rings is 1. The van der Waals surface area contributed by atoms with Gasteiger partial charge in [-0.3, -0.25) is 14.0 Å². The van der Waals surface area contributed by atoms with Crippen LogP contribution in [0.15, 0.2) is 28.9 Å². The number of halogens is 1. The number of carbonyl (C=O) groups is 2. The molecule has 0 aliphatic carbocycles. The molecule has 2 aromatic heterocycles. The average Bonchev–Trinajstić information content (AvgIpc) is 3.13. The number of thiazole rings is 1. The molecule has 0 aliphatic rings. The fourth-order valence-corrected chi connectivity index (χ4v) is 3.95. The number of carbonyl (C=O) groups excluding carboxylic acids is 2. The van der Waals surface area contributed by atoms with Gasteiger partial charge in [-0.1, -0.05) is 15.9 Å². The van der Waals surface area contributed by atoms with Gasteiger partial charge >= 0.3 is 5.97 Å². The molecule has 0 amide bonds. The van der Waals surface area contributed by atoms with Crippen LogP contribution in [-0.4, -0.2) is 34.9 Å². The lowest BCUT2D eigenvalue weighted by atomic mass is 10.1. The van der Waals surface area contributed by atoms with Gasteiger partial charge in [-0.15, -0.1) is 11.3 Å². The molecule has 0 saturated carbocycles. The quantitative estimate of drug-likeness (QED) is 0.411. The van der Waals surface area contributed by atoms with E-state index in [9.17, 15) is 9.59 Å². The van der Waals surface area contributed by atoms with Gasteiger partial charge in [0.2, 0.25) is 0 Å². The highest BCUT2D eigenvalue weighted by Crippen LogP contribution is 2.35. The maximum atomic E-state index is 11.8. The number of hydrogen-bond donors (Lipinski definition) is 0. The lowest BCUT2D eigenvalue weighted by molar-refractivity contribution is -0.142. The van der Waals surface area contributed by atoms with Crippen molar-refractivity contribution in [1.29, 1.82) is 0 Å². The van der Waals surface area contributed by atoms with Crippen LogP contribution < -0.4 is 4.74 Å². The average molecular weight is 437 g/mol. The van der Waals surface area contributed by atoms with Crippen LogP contribution in [0.4, 0.5) is 0 Å². The van der Waals surface area contributed by atoms with Crippen LogP contribution in [0.3, 0.4) is 0 Å². The molecule has 136 valence electrons. The largest absolute Gasteiger partial charge is 0.493 e. The molecule has 3 aromatic rings. The Balaban J connectivity index is 2.06. The Morgan fingerprint density at radius 3 is 2.85 bits per heavy atom. The van der Waals surface area contributed by atoms with Crippen molar-refractivity contribution in [1.82, 2.24) is 9.38 Å². The summed E-state index contributed by atoms with van der Waals surface area (Å²) in [6.45, 7) is 4.52. The summed E-state index contributed by atoms with van der Waals surface area (Å²) >= 11 is 4.81. The molecular weight excluding hydrogens is 420 g/mol. The Morgan fingerprint density at radius 1 is 1.35 bits per heavy atom. The first-order chi connectivity index (χ1) is 12.6. The minimum absolute atomic E-state index is 0.163. The summed E-state index contributed by atoms with van der Waals surface area (Å²) in [4.78, 5) is 29.5. The number of ether oxygens (including phenoxy) is 2.